The third-order valence-electron chi connectivity index (χ3n) is 5.81. The molecule has 2 atom stereocenters. The van der Waals surface area contributed by atoms with Gasteiger partial charge in [-0.05, 0) is 77.2 Å². The molecule has 148 valence electrons. The second-order valence-electron chi connectivity index (χ2n) is 8.85. The van der Waals surface area contributed by atoms with Gasteiger partial charge in [0.25, 0.3) is 0 Å². The first-order chi connectivity index (χ1) is 12.6. The molecule has 0 saturated carbocycles. The van der Waals surface area contributed by atoms with Crippen LogP contribution in [0.25, 0.3) is 0 Å². The van der Waals surface area contributed by atoms with Crippen LogP contribution >= 0.6 is 0 Å². The maximum absolute atomic E-state index is 12.6. The van der Waals surface area contributed by atoms with E-state index < -0.39 is 23.2 Å². The number of alkyl carbamates (subject to hydrolysis) is 1. The Kier molecular flexibility index (Phi) is 5.21. The molecule has 6 nitrogen and oxygen atoms in total. The van der Waals surface area contributed by atoms with Crippen LogP contribution in [0.5, 0.6) is 0 Å². The number of aliphatic carboxylic acids is 1. The molecule has 27 heavy (non-hydrogen) atoms. The number of hydrogen-bond acceptors (Lipinski definition) is 4. The number of nitrogens with zero attached hydrogens (tertiary/aromatic N) is 1. The largest absolute Gasteiger partial charge is 0.479 e. The second kappa shape index (κ2) is 7.15. The van der Waals surface area contributed by atoms with E-state index in [9.17, 15) is 14.7 Å². The Bertz CT molecular complexity index is 719. The van der Waals surface area contributed by atoms with Gasteiger partial charge in [-0.2, -0.15) is 0 Å². The minimum atomic E-state index is -1.44. The molecule has 2 N–H and O–H groups in total. The fourth-order valence-corrected chi connectivity index (χ4v) is 4.58. The summed E-state index contributed by atoms with van der Waals surface area (Å²) in [7, 11) is 2.09. The molecular weight excluding hydrogens is 344 g/mol. The van der Waals surface area contributed by atoms with Gasteiger partial charge in [-0.15, -0.1) is 0 Å². The SMILES string of the molecule is CN1CCC(C2Cc3ccccc3C2(NC(=O)OC(C)(C)C)C(=O)O)CC1. The molecule has 2 unspecified atom stereocenters. The van der Waals surface area contributed by atoms with Crippen LogP contribution in [0.4, 0.5) is 4.79 Å². The van der Waals surface area contributed by atoms with Gasteiger partial charge in [0, 0.05) is 5.92 Å². The minimum Gasteiger partial charge on any atom is -0.479 e. The summed E-state index contributed by atoms with van der Waals surface area (Å²) in [6.45, 7) is 7.21. The highest BCUT2D eigenvalue weighted by Gasteiger charge is 2.56. The normalized spacial score (nSPS) is 26.4. The molecule has 1 aromatic carbocycles. The molecule has 1 aliphatic carbocycles. The van der Waals surface area contributed by atoms with E-state index in [2.05, 4.69) is 17.3 Å². The first-order valence-electron chi connectivity index (χ1n) is 9.65. The molecule has 1 amide bonds. The molecule has 0 aromatic heterocycles. The number of carbonyl (C=O) groups excluding carboxylic acids is 1. The van der Waals surface area contributed by atoms with Crippen molar-refractivity contribution < 1.29 is 19.4 Å². The summed E-state index contributed by atoms with van der Waals surface area (Å²) in [5.41, 5.74) is -0.447. The monoisotopic (exact) mass is 374 g/mol. The lowest BCUT2D eigenvalue weighted by Gasteiger charge is -2.41. The highest BCUT2D eigenvalue weighted by Crippen LogP contribution is 2.48. The van der Waals surface area contributed by atoms with Gasteiger partial charge in [0.1, 0.15) is 5.60 Å². The van der Waals surface area contributed by atoms with Crippen LogP contribution in [0.15, 0.2) is 24.3 Å². The Morgan fingerprint density at radius 1 is 1.22 bits per heavy atom. The van der Waals surface area contributed by atoms with Crippen molar-refractivity contribution in [3.05, 3.63) is 35.4 Å². The predicted octanol–water partition coefficient (Wildman–Crippen LogP) is 3.01. The molecule has 6 heteroatoms. The molecule has 1 heterocycles. The molecule has 1 saturated heterocycles. The third-order valence-corrected chi connectivity index (χ3v) is 5.81. The minimum absolute atomic E-state index is 0.186. The van der Waals surface area contributed by atoms with Crippen molar-refractivity contribution in [2.24, 2.45) is 11.8 Å². The van der Waals surface area contributed by atoms with Gasteiger partial charge in [0.15, 0.2) is 5.54 Å². The van der Waals surface area contributed by atoms with Crippen molar-refractivity contribution in [3.8, 4) is 0 Å². The number of ether oxygens (including phenoxy) is 1. The first-order valence-corrected chi connectivity index (χ1v) is 9.65. The van der Waals surface area contributed by atoms with E-state index in [1.807, 2.05) is 24.3 Å². The maximum Gasteiger partial charge on any atom is 0.408 e. The molecule has 0 radical (unpaired) electrons. The summed E-state index contributed by atoms with van der Waals surface area (Å²) >= 11 is 0. The number of benzene rings is 1. The van der Waals surface area contributed by atoms with E-state index in [1.165, 1.54) is 0 Å². The lowest BCUT2D eigenvalue weighted by molar-refractivity contribution is -0.149. The molecule has 0 bridgehead atoms. The van der Waals surface area contributed by atoms with Gasteiger partial charge in [0.2, 0.25) is 0 Å². The average molecular weight is 374 g/mol. The van der Waals surface area contributed by atoms with Gasteiger partial charge >= 0.3 is 12.1 Å². The smallest absolute Gasteiger partial charge is 0.408 e. The van der Waals surface area contributed by atoms with E-state index in [4.69, 9.17) is 4.74 Å². The first kappa shape index (κ1) is 19.7. The van der Waals surface area contributed by atoms with Gasteiger partial charge in [-0.3, -0.25) is 0 Å². The summed E-state index contributed by atoms with van der Waals surface area (Å²) < 4.78 is 5.42. The Hall–Kier alpha value is -2.08. The van der Waals surface area contributed by atoms with E-state index in [-0.39, 0.29) is 11.8 Å². The number of carbonyl (C=O) groups is 2. The van der Waals surface area contributed by atoms with Gasteiger partial charge in [-0.25, -0.2) is 9.59 Å². The van der Waals surface area contributed by atoms with Crippen molar-refractivity contribution in [2.45, 2.75) is 51.2 Å². The number of piperidine rings is 1. The van der Waals surface area contributed by atoms with Gasteiger partial charge < -0.3 is 20.1 Å². The average Bonchev–Trinajstić information content (AvgIpc) is 2.89. The highest BCUT2D eigenvalue weighted by molar-refractivity contribution is 5.88. The Morgan fingerprint density at radius 3 is 2.44 bits per heavy atom. The van der Waals surface area contributed by atoms with Crippen LogP contribution in [0.2, 0.25) is 0 Å². The van der Waals surface area contributed by atoms with Crippen molar-refractivity contribution >= 4 is 12.1 Å². The Balaban J connectivity index is 1.99. The van der Waals surface area contributed by atoms with Crippen molar-refractivity contribution in [3.63, 3.8) is 0 Å². The number of fused-ring (bicyclic) bond motifs is 1. The Labute approximate surface area is 160 Å². The number of carboxylic acid groups (broad SMARTS) is 1. The van der Waals surface area contributed by atoms with Crippen LogP contribution < -0.4 is 5.32 Å². The van der Waals surface area contributed by atoms with Crippen molar-refractivity contribution in [1.82, 2.24) is 10.2 Å². The van der Waals surface area contributed by atoms with Crippen LogP contribution in [0.1, 0.15) is 44.7 Å². The zero-order valence-corrected chi connectivity index (χ0v) is 16.6. The van der Waals surface area contributed by atoms with E-state index in [0.29, 0.717) is 12.0 Å². The highest BCUT2D eigenvalue weighted by atomic mass is 16.6. The topological polar surface area (TPSA) is 78.9 Å². The van der Waals surface area contributed by atoms with Crippen LogP contribution in [-0.2, 0) is 21.5 Å². The summed E-state index contributed by atoms with van der Waals surface area (Å²) in [6, 6.07) is 7.56. The molecule has 3 rings (SSSR count). The van der Waals surface area contributed by atoms with E-state index in [0.717, 1.165) is 31.5 Å². The van der Waals surface area contributed by atoms with Crippen LogP contribution in [0.3, 0.4) is 0 Å². The number of rotatable bonds is 3. The summed E-state index contributed by atoms with van der Waals surface area (Å²) in [4.78, 5) is 27.5. The lowest BCUT2D eigenvalue weighted by Crippen LogP contribution is -2.58. The molecule has 1 fully saturated rings. The van der Waals surface area contributed by atoms with Crippen molar-refractivity contribution in [2.75, 3.05) is 20.1 Å². The van der Waals surface area contributed by atoms with Gasteiger partial charge in [-0.1, -0.05) is 24.3 Å². The zero-order valence-electron chi connectivity index (χ0n) is 16.6. The van der Waals surface area contributed by atoms with Gasteiger partial charge in [0.05, 0.1) is 0 Å². The number of hydrogen-bond donors (Lipinski definition) is 2. The summed E-state index contributed by atoms with van der Waals surface area (Å²) in [6.07, 6.45) is 1.84. The Morgan fingerprint density at radius 2 is 1.85 bits per heavy atom. The summed E-state index contributed by atoms with van der Waals surface area (Å²) in [5.74, 6) is -0.963. The fourth-order valence-electron chi connectivity index (χ4n) is 4.58. The van der Waals surface area contributed by atoms with Crippen molar-refractivity contribution in [1.29, 1.82) is 0 Å². The van der Waals surface area contributed by atoms with Crippen LogP contribution in [-0.4, -0.2) is 47.8 Å². The second-order valence-corrected chi connectivity index (χ2v) is 8.85. The molecule has 1 aromatic rings. The zero-order chi connectivity index (χ0) is 19.8. The van der Waals surface area contributed by atoms with Crippen LogP contribution in [0, 0.1) is 11.8 Å². The summed E-state index contributed by atoms with van der Waals surface area (Å²) in [5, 5.41) is 13.1. The van der Waals surface area contributed by atoms with E-state index >= 15 is 0 Å². The predicted molar refractivity (Wildman–Crippen MR) is 103 cm³/mol. The molecule has 1 aliphatic heterocycles. The molecule has 0 spiro atoms. The quantitative estimate of drug-likeness (QED) is 0.850. The number of likely N-dealkylation sites (tertiary alicyclic amines) is 1. The molecule has 2 aliphatic rings. The van der Waals surface area contributed by atoms with E-state index in [1.54, 1.807) is 20.8 Å². The number of nitrogens with one attached hydrogen (secondary N) is 1. The number of amides is 1. The fraction of sp³-hybridized carbons (Fsp3) is 0.619. The lowest BCUT2D eigenvalue weighted by atomic mass is 9.72. The molecular formula is C21H30N2O4. The third kappa shape index (κ3) is 3.81. The maximum atomic E-state index is 12.6. The number of carboxylic acids is 1. The standard InChI is InChI=1S/C21H30N2O4/c1-20(2,3)27-19(26)22-21(18(24)25)16-8-6-5-7-15(16)13-17(21)14-9-11-23(4)12-10-14/h5-8,14,17H,9-13H2,1-4H3,(H,22,26)(H,24,25).